The normalized spacial score (nSPS) is 25.5. The minimum absolute atomic E-state index is 0.215. The summed E-state index contributed by atoms with van der Waals surface area (Å²) in [5.41, 5.74) is -0.274. The lowest BCUT2D eigenvalue weighted by Gasteiger charge is -2.37. The molecule has 0 bridgehead atoms. The highest BCUT2D eigenvalue weighted by atomic mass is 32.2. The molecular formula is C53H67NO12S2. The maximum Gasteiger partial charge on any atom is 0.350 e. The van der Waals surface area contributed by atoms with Gasteiger partial charge < -0.3 is 28.4 Å². The summed E-state index contributed by atoms with van der Waals surface area (Å²) in [5, 5.41) is 10.1. The van der Waals surface area contributed by atoms with E-state index in [9.17, 15) is 34.0 Å². The molecular weight excluding hydrogens is 907 g/mol. The molecule has 15 heteroatoms. The molecule has 4 aliphatic carbocycles. The van der Waals surface area contributed by atoms with Crippen molar-refractivity contribution in [2.45, 2.75) is 138 Å². The van der Waals surface area contributed by atoms with Crippen LogP contribution in [-0.2, 0) is 47.7 Å². The predicted molar refractivity (Wildman–Crippen MR) is 257 cm³/mol. The van der Waals surface area contributed by atoms with E-state index in [4.69, 9.17) is 28.4 Å². The summed E-state index contributed by atoms with van der Waals surface area (Å²) in [5.74, 6) is 0.728. The second-order valence-electron chi connectivity index (χ2n) is 18.9. The number of hydrogen-bond acceptors (Lipinski definition) is 15. The van der Waals surface area contributed by atoms with Crippen LogP contribution in [0.3, 0.4) is 0 Å². The third-order valence-electron chi connectivity index (χ3n) is 14.8. The third kappa shape index (κ3) is 15.1. The van der Waals surface area contributed by atoms with Crippen molar-refractivity contribution in [3.63, 3.8) is 0 Å². The Balaban J connectivity index is 1.04. The molecule has 4 fully saturated rings. The van der Waals surface area contributed by atoms with Crippen molar-refractivity contribution >= 4 is 59.3 Å². The van der Waals surface area contributed by atoms with E-state index in [0.717, 1.165) is 107 Å². The topological polar surface area (TPSA) is 182 Å². The van der Waals surface area contributed by atoms with Gasteiger partial charge >= 0.3 is 35.8 Å². The Hall–Kier alpha value is -4.81. The molecule has 1 aliphatic heterocycles. The molecule has 368 valence electrons. The zero-order valence-electron chi connectivity index (χ0n) is 39.3. The van der Waals surface area contributed by atoms with Gasteiger partial charge in [-0.1, -0.05) is 68.9 Å². The van der Waals surface area contributed by atoms with E-state index >= 15 is 0 Å². The van der Waals surface area contributed by atoms with E-state index < -0.39 is 11.9 Å². The predicted octanol–water partition coefficient (Wildman–Crippen LogP) is 10.9. The molecule has 0 amide bonds. The largest absolute Gasteiger partial charge is 0.463 e. The van der Waals surface area contributed by atoms with Gasteiger partial charge in [-0.25, -0.2) is 19.2 Å². The van der Waals surface area contributed by atoms with E-state index in [2.05, 4.69) is 19.7 Å². The van der Waals surface area contributed by atoms with Gasteiger partial charge in [0.05, 0.1) is 39.1 Å². The van der Waals surface area contributed by atoms with Gasteiger partial charge in [0.2, 0.25) is 0 Å². The number of benzene rings is 1. The molecule has 0 N–H and O–H groups in total. The summed E-state index contributed by atoms with van der Waals surface area (Å²) < 4.78 is 33.0. The lowest BCUT2D eigenvalue weighted by atomic mass is 9.69. The van der Waals surface area contributed by atoms with Crippen LogP contribution in [0.5, 0.6) is 11.5 Å². The molecule has 1 aromatic carbocycles. The molecule has 0 radical (unpaired) electrons. The first kappa shape index (κ1) is 52.6. The fourth-order valence-corrected chi connectivity index (χ4v) is 13.5. The highest BCUT2D eigenvalue weighted by molar-refractivity contribution is 8.24. The van der Waals surface area contributed by atoms with Crippen molar-refractivity contribution in [2.24, 2.45) is 47.3 Å². The summed E-state index contributed by atoms with van der Waals surface area (Å²) in [4.78, 5) is 75.9. The second kappa shape index (κ2) is 26.8. The van der Waals surface area contributed by atoms with Crippen molar-refractivity contribution in [2.75, 3.05) is 26.4 Å². The van der Waals surface area contributed by atoms with Crippen LogP contribution >= 0.6 is 23.5 Å². The molecule has 0 spiro atoms. The molecule has 1 aromatic rings. The van der Waals surface area contributed by atoms with Crippen molar-refractivity contribution in [3.8, 4) is 17.6 Å². The number of rotatable bonds is 21. The molecule has 0 aromatic heterocycles. The average Bonchev–Trinajstić information content (AvgIpc) is 3.82. The van der Waals surface area contributed by atoms with Crippen LogP contribution in [0.1, 0.15) is 128 Å². The molecule has 0 saturated heterocycles. The maximum absolute atomic E-state index is 13.8. The van der Waals surface area contributed by atoms with Crippen LogP contribution in [0.4, 0.5) is 0 Å². The number of ether oxygens (including phenoxy) is 6. The Bertz CT molecular complexity index is 1950. The Labute approximate surface area is 409 Å². The van der Waals surface area contributed by atoms with Gasteiger partial charge in [-0.3, -0.25) is 9.59 Å². The van der Waals surface area contributed by atoms with Gasteiger partial charge in [0.15, 0.2) is 5.57 Å². The van der Waals surface area contributed by atoms with Crippen LogP contribution in [0, 0.1) is 58.7 Å². The molecule has 4 saturated carbocycles. The Morgan fingerprint density at radius 3 is 1.25 bits per heavy atom. The molecule has 5 aliphatic rings. The van der Waals surface area contributed by atoms with Gasteiger partial charge in [0, 0.05) is 18.2 Å². The SMILES string of the molecule is C=CC(=O)OCCCC1CCC(C2CCC(C(=O)Oc3ccc(OC(=O)C4CCC(C5CCC(CCCOC(=O)C=C)CC5)CC4)c4c3SC(=C(C#N)C(=O)OCCOC(=O)C=C)S4)CC2)CC1. The van der Waals surface area contributed by atoms with E-state index in [1.165, 1.54) is 63.5 Å². The van der Waals surface area contributed by atoms with Crippen molar-refractivity contribution in [1.82, 2.24) is 0 Å². The van der Waals surface area contributed by atoms with E-state index in [-0.39, 0.29) is 70.2 Å². The number of hydrogen-bond donors (Lipinski definition) is 0. The van der Waals surface area contributed by atoms with E-state index in [1.807, 2.05) is 6.07 Å². The standard InChI is InChI=1S/C53H67NO12S2/c1-4-45(55)61-29-7-9-34-11-15-36(16-12-34)38-19-23-40(24-20-38)50(58)65-43-27-28-44(49-48(43)67-53(68-49)42(33-54)52(60)64-32-31-63-47(57)6-3)66-51(59)41-25-21-39(22-26-41)37-17-13-35(14-18-37)10-8-30-62-46(56)5-2/h4-6,27-28,34-41H,1-3,7-26,29-32H2. The van der Waals surface area contributed by atoms with Crippen LogP contribution < -0.4 is 9.47 Å². The molecule has 13 nitrogen and oxygen atoms in total. The first-order valence-corrected chi connectivity index (χ1v) is 26.3. The summed E-state index contributed by atoms with van der Waals surface area (Å²) in [6.07, 6.45) is 23.4. The summed E-state index contributed by atoms with van der Waals surface area (Å²) in [7, 11) is 0. The number of esters is 6. The monoisotopic (exact) mass is 973 g/mol. The smallest absolute Gasteiger partial charge is 0.350 e. The van der Waals surface area contributed by atoms with Crippen LogP contribution in [0.2, 0.25) is 0 Å². The number of nitrogens with zero attached hydrogens (tertiary/aromatic N) is 1. The molecule has 68 heavy (non-hydrogen) atoms. The number of carbonyl (C=O) groups is 6. The zero-order valence-corrected chi connectivity index (χ0v) is 40.9. The summed E-state index contributed by atoms with van der Waals surface area (Å²) >= 11 is 2.18. The molecule has 0 unspecified atom stereocenters. The van der Waals surface area contributed by atoms with Crippen LogP contribution in [-0.4, -0.2) is 62.2 Å². The molecule has 1 heterocycles. The first-order valence-electron chi connectivity index (χ1n) is 24.6. The highest BCUT2D eigenvalue weighted by Crippen LogP contribution is 2.59. The van der Waals surface area contributed by atoms with Gasteiger partial charge in [0.25, 0.3) is 0 Å². The van der Waals surface area contributed by atoms with Gasteiger partial charge in [-0.15, -0.1) is 0 Å². The fraction of sp³-hybridized carbons (Fsp3) is 0.604. The van der Waals surface area contributed by atoms with E-state index in [0.29, 0.717) is 58.5 Å². The second-order valence-corrected chi connectivity index (χ2v) is 21.2. The average molecular weight is 974 g/mol. The van der Waals surface area contributed by atoms with Crippen molar-refractivity contribution < 1.29 is 57.2 Å². The Morgan fingerprint density at radius 2 is 0.882 bits per heavy atom. The number of nitriles is 1. The summed E-state index contributed by atoms with van der Waals surface area (Å²) in [6, 6.07) is 5.21. The quantitative estimate of drug-likeness (QED) is 0.0283. The van der Waals surface area contributed by atoms with Crippen LogP contribution in [0.25, 0.3) is 0 Å². The minimum atomic E-state index is -0.907. The Morgan fingerprint density at radius 1 is 0.529 bits per heavy atom. The van der Waals surface area contributed by atoms with Gasteiger partial charge in [-0.05, 0) is 150 Å². The highest BCUT2D eigenvalue weighted by Gasteiger charge is 2.38. The first-order chi connectivity index (χ1) is 33.0. The number of thioether (sulfide) groups is 2. The number of carbonyl (C=O) groups excluding carboxylic acids is 6. The molecule has 6 rings (SSSR count). The zero-order chi connectivity index (χ0) is 48.4. The van der Waals surface area contributed by atoms with Crippen molar-refractivity contribution in [3.05, 3.63) is 59.9 Å². The fourth-order valence-electron chi connectivity index (χ4n) is 10.9. The maximum atomic E-state index is 13.8. The Kier molecular flexibility index (Phi) is 20.7. The molecule has 0 atom stereocenters. The van der Waals surface area contributed by atoms with Gasteiger partial charge in [0.1, 0.15) is 30.8 Å². The van der Waals surface area contributed by atoms with Crippen LogP contribution in [0.15, 0.2) is 69.7 Å². The third-order valence-corrected chi connectivity index (χ3v) is 17.4. The number of fused-ring (bicyclic) bond motifs is 1. The van der Waals surface area contributed by atoms with Gasteiger partial charge in [-0.2, -0.15) is 5.26 Å². The lowest BCUT2D eigenvalue weighted by Crippen LogP contribution is -2.30. The van der Waals surface area contributed by atoms with Crippen molar-refractivity contribution in [1.29, 1.82) is 5.26 Å². The van der Waals surface area contributed by atoms with E-state index in [1.54, 1.807) is 12.1 Å². The minimum Gasteiger partial charge on any atom is -0.463 e. The summed E-state index contributed by atoms with van der Waals surface area (Å²) in [6.45, 7) is 10.6. The lowest BCUT2D eigenvalue weighted by molar-refractivity contribution is -0.146.